The van der Waals surface area contributed by atoms with Gasteiger partial charge in [0, 0.05) is 17.5 Å². The van der Waals surface area contributed by atoms with Crippen molar-refractivity contribution in [3.63, 3.8) is 0 Å². The standard InChI is InChI=1S/C15H19F2N3O3/c1-14(2,18)11(13(22)20-23)19-12(21)9-5-3-8(4-6-9)10-7-15(10,16)17/h3-6,10-11,23H,7,18H2,1-2H3,(H,19,21)(H,20,22)/t10?,11-/m1/s1. The average molecular weight is 327 g/mol. The van der Waals surface area contributed by atoms with Crippen LogP contribution in [0.1, 0.15) is 42.1 Å². The highest BCUT2D eigenvalue weighted by Crippen LogP contribution is 2.55. The monoisotopic (exact) mass is 327 g/mol. The molecule has 0 radical (unpaired) electrons. The third kappa shape index (κ3) is 3.83. The van der Waals surface area contributed by atoms with Crippen LogP contribution in [-0.4, -0.2) is 34.5 Å². The zero-order chi connectivity index (χ0) is 17.4. The highest BCUT2D eigenvalue weighted by Gasteiger charge is 2.57. The van der Waals surface area contributed by atoms with Crippen LogP contribution in [0.3, 0.4) is 0 Å². The topological polar surface area (TPSA) is 104 Å². The molecule has 1 fully saturated rings. The lowest BCUT2D eigenvalue weighted by Gasteiger charge is -2.29. The Labute approximate surface area is 132 Å². The summed E-state index contributed by atoms with van der Waals surface area (Å²) < 4.78 is 26.0. The molecule has 8 heteroatoms. The van der Waals surface area contributed by atoms with Crippen molar-refractivity contribution in [2.24, 2.45) is 5.73 Å². The van der Waals surface area contributed by atoms with E-state index >= 15 is 0 Å². The fourth-order valence-electron chi connectivity index (χ4n) is 2.31. The van der Waals surface area contributed by atoms with Crippen molar-refractivity contribution in [3.05, 3.63) is 35.4 Å². The van der Waals surface area contributed by atoms with Gasteiger partial charge in [-0.15, -0.1) is 0 Å². The fraction of sp³-hybridized carbons (Fsp3) is 0.467. The molecular formula is C15H19F2N3O3. The molecule has 2 rings (SSSR count). The van der Waals surface area contributed by atoms with Crippen LogP contribution in [0.25, 0.3) is 0 Å². The molecule has 2 amide bonds. The highest BCUT2D eigenvalue weighted by molar-refractivity contribution is 5.97. The highest BCUT2D eigenvalue weighted by atomic mass is 19.3. The van der Waals surface area contributed by atoms with Gasteiger partial charge in [0.25, 0.3) is 17.7 Å². The first-order chi connectivity index (χ1) is 10.6. The largest absolute Gasteiger partial charge is 0.338 e. The van der Waals surface area contributed by atoms with Crippen LogP contribution in [0.5, 0.6) is 0 Å². The minimum Gasteiger partial charge on any atom is -0.338 e. The summed E-state index contributed by atoms with van der Waals surface area (Å²) in [6.07, 6.45) is -0.182. The van der Waals surface area contributed by atoms with Crippen molar-refractivity contribution in [1.82, 2.24) is 10.8 Å². The van der Waals surface area contributed by atoms with Crippen molar-refractivity contribution in [2.45, 2.75) is 43.7 Å². The van der Waals surface area contributed by atoms with Crippen LogP contribution < -0.4 is 16.5 Å². The summed E-state index contributed by atoms with van der Waals surface area (Å²) in [7, 11) is 0. The minimum absolute atomic E-state index is 0.182. The Morgan fingerprint density at radius 1 is 1.35 bits per heavy atom. The Hall–Kier alpha value is -2.06. The third-order valence-electron chi connectivity index (χ3n) is 3.79. The Morgan fingerprint density at radius 3 is 2.26 bits per heavy atom. The molecule has 5 N–H and O–H groups in total. The van der Waals surface area contributed by atoms with Gasteiger partial charge < -0.3 is 11.1 Å². The summed E-state index contributed by atoms with van der Waals surface area (Å²) in [5, 5.41) is 11.1. The van der Waals surface area contributed by atoms with Gasteiger partial charge in [-0.05, 0) is 31.5 Å². The molecule has 1 aliphatic rings. The first-order valence-electron chi connectivity index (χ1n) is 7.08. The Morgan fingerprint density at radius 2 is 1.87 bits per heavy atom. The van der Waals surface area contributed by atoms with E-state index in [0.717, 1.165) is 0 Å². The fourth-order valence-corrected chi connectivity index (χ4v) is 2.31. The van der Waals surface area contributed by atoms with E-state index in [0.29, 0.717) is 5.56 Å². The average Bonchev–Trinajstić information content (AvgIpc) is 3.11. The third-order valence-corrected chi connectivity index (χ3v) is 3.79. The van der Waals surface area contributed by atoms with Crippen LogP contribution in [0.15, 0.2) is 24.3 Å². The molecular weight excluding hydrogens is 308 g/mol. The molecule has 0 aliphatic heterocycles. The van der Waals surface area contributed by atoms with Crippen molar-refractivity contribution in [2.75, 3.05) is 0 Å². The molecule has 0 saturated heterocycles. The molecule has 0 heterocycles. The quantitative estimate of drug-likeness (QED) is 0.481. The second kappa shape index (κ2) is 5.86. The number of rotatable bonds is 5. The number of nitrogens with two attached hydrogens (primary N) is 1. The SMILES string of the molecule is CC(C)(N)[C@H](NC(=O)c1ccc(C2CC2(F)F)cc1)C(=O)NO. The number of amides is 2. The maximum Gasteiger partial charge on any atom is 0.267 e. The van der Waals surface area contributed by atoms with Gasteiger partial charge >= 0.3 is 0 Å². The van der Waals surface area contributed by atoms with Crippen molar-refractivity contribution in [3.8, 4) is 0 Å². The summed E-state index contributed by atoms with van der Waals surface area (Å²) in [4.78, 5) is 23.8. The van der Waals surface area contributed by atoms with Crippen LogP contribution in [0.4, 0.5) is 8.78 Å². The molecule has 1 aromatic carbocycles. The Balaban J connectivity index is 2.09. The van der Waals surface area contributed by atoms with Crippen molar-refractivity contribution in [1.29, 1.82) is 0 Å². The molecule has 2 atom stereocenters. The summed E-state index contributed by atoms with van der Waals surface area (Å²) >= 11 is 0. The Bertz CT molecular complexity index is 611. The number of hydrogen-bond acceptors (Lipinski definition) is 4. The molecule has 0 bridgehead atoms. The summed E-state index contributed by atoms with van der Waals surface area (Å²) in [6, 6.07) is 4.60. The number of benzene rings is 1. The van der Waals surface area contributed by atoms with Crippen LogP contribution in [0, 0.1) is 0 Å². The van der Waals surface area contributed by atoms with Gasteiger partial charge in [0.1, 0.15) is 6.04 Å². The van der Waals surface area contributed by atoms with E-state index in [1.54, 1.807) is 0 Å². The van der Waals surface area contributed by atoms with Crippen molar-refractivity contribution < 1.29 is 23.6 Å². The summed E-state index contributed by atoms with van der Waals surface area (Å²) in [6.45, 7) is 3.04. The van der Waals surface area contributed by atoms with E-state index < -0.39 is 35.2 Å². The predicted molar refractivity (Wildman–Crippen MR) is 78.2 cm³/mol. The van der Waals surface area contributed by atoms with Gasteiger partial charge in [0.15, 0.2) is 0 Å². The smallest absolute Gasteiger partial charge is 0.267 e. The van der Waals surface area contributed by atoms with E-state index in [-0.39, 0.29) is 12.0 Å². The Kier molecular flexibility index (Phi) is 4.41. The van der Waals surface area contributed by atoms with E-state index in [9.17, 15) is 18.4 Å². The number of nitrogens with one attached hydrogen (secondary N) is 2. The lowest BCUT2D eigenvalue weighted by atomic mass is 9.95. The molecule has 1 aromatic rings. The van der Waals surface area contributed by atoms with Gasteiger partial charge in [-0.3, -0.25) is 14.8 Å². The number of hydrogen-bond donors (Lipinski definition) is 4. The maximum atomic E-state index is 13.0. The first kappa shape index (κ1) is 17.3. The van der Waals surface area contributed by atoms with E-state index in [2.05, 4.69) is 5.32 Å². The molecule has 1 aliphatic carbocycles. The molecule has 1 unspecified atom stereocenters. The van der Waals surface area contributed by atoms with E-state index in [1.807, 2.05) is 0 Å². The van der Waals surface area contributed by atoms with Gasteiger partial charge in [-0.2, -0.15) is 0 Å². The van der Waals surface area contributed by atoms with Crippen LogP contribution in [0.2, 0.25) is 0 Å². The lowest BCUT2D eigenvalue weighted by molar-refractivity contribution is -0.132. The summed E-state index contributed by atoms with van der Waals surface area (Å²) in [5.74, 6) is -4.90. The van der Waals surface area contributed by atoms with E-state index in [1.165, 1.54) is 43.6 Å². The van der Waals surface area contributed by atoms with Crippen molar-refractivity contribution >= 4 is 11.8 Å². The van der Waals surface area contributed by atoms with Gasteiger partial charge in [0.05, 0.1) is 5.92 Å². The molecule has 0 aromatic heterocycles. The van der Waals surface area contributed by atoms with Gasteiger partial charge in [0.2, 0.25) is 0 Å². The number of halogens is 2. The minimum atomic E-state index is -2.67. The lowest BCUT2D eigenvalue weighted by Crippen LogP contribution is -2.61. The van der Waals surface area contributed by atoms with Crippen LogP contribution in [-0.2, 0) is 4.79 Å². The van der Waals surface area contributed by atoms with E-state index in [4.69, 9.17) is 10.9 Å². The predicted octanol–water partition coefficient (Wildman–Crippen LogP) is 1.15. The summed E-state index contributed by atoms with van der Waals surface area (Å²) in [5.41, 5.74) is 6.83. The zero-order valence-electron chi connectivity index (χ0n) is 12.8. The molecule has 0 spiro atoms. The molecule has 6 nitrogen and oxygen atoms in total. The maximum absolute atomic E-state index is 13.0. The van der Waals surface area contributed by atoms with Crippen LogP contribution >= 0.6 is 0 Å². The second-order valence-corrected chi connectivity index (χ2v) is 6.34. The number of carbonyl (C=O) groups excluding carboxylic acids is 2. The number of alkyl halides is 2. The molecule has 1 saturated carbocycles. The number of hydroxylamine groups is 1. The first-order valence-corrected chi connectivity index (χ1v) is 7.08. The second-order valence-electron chi connectivity index (χ2n) is 6.34. The normalized spacial score (nSPS) is 20.5. The number of carbonyl (C=O) groups is 2. The molecule has 23 heavy (non-hydrogen) atoms. The van der Waals surface area contributed by atoms with Gasteiger partial charge in [-0.1, -0.05) is 12.1 Å². The zero-order valence-corrected chi connectivity index (χ0v) is 12.8. The van der Waals surface area contributed by atoms with Gasteiger partial charge in [-0.25, -0.2) is 14.3 Å². The molecule has 126 valence electrons.